The van der Waals surface area contributed by atoms with Gasteiger partial charge in [-0.3, -0.25) is 4.79 Å². The second kappa shape index (κ2) is 5.94. The predicted molar refractivity (Wildman–Crippen MR) is 74.3 cm³/mol. The molecule has 0 bridgehead atoms. The topological polar surface area (TPSA) is 63.7 Å². The number of amides is 1. The fourth-order valence-corrected chi connectivity index (χ4v) is 2.49. The zero-order valence-corrected chi connectivity index (χ0v) is 11.9. The Morgan fingerprint density at radius 2 is 1.80 bits per heavy atom. The molecule has 0 radical (unpaired) electrons. The molecule has 1 saturated heterocycles. The van der Waals surface area contributed by atoms with Gasteiger partial charge < -0.3 is 19.7 Å². The fraction of sp³-hybridized carbons (Fsp3) is 0.467. The Labute approximate surface area is 118 Å². The van der Waals surface area contributed by atoms with Gasteiger partial charge in [0.15, 0.2) is 0 Å². The summed E-state index contributed by atoms with van der Waals surface area (Å²) >= 11 is 0. The molecule has 1 aliphatic rings. The van der Waals surface area contributed by atoms with Gasteiger partial charge in [-0.05, 0) is 31.0 Å². The maximum Gasteiger partial charge on any atom is 0.228 e. The third kappa shape index (κ3) is 3.29. The number of carboxylic acid groups (broad SMARTS) is 1. The molecule has 0 atom stereocenters. The highest BCUT2D eigenvalue weighted by Gasteiger charge is 2.21. The van der Waals surface area contributed by atoms with Crippen LogP contribution in [0.5, 0.6) is 0 Å². The molecule has 0 aromatic heterocycles. The molecule has 20 heavy (non-hydrogen) atoms. The Bertz CT molecular complexity index is 520. The third-order valence-electron chi connectivity index (χ3n) is 3.63. The van der Waals surface area contributed by atoms with Crippen LogP contribution in [0.3, 0.4) is 0 Å². The Balaban J connectivity index is 1.99. The number of carboxylic acids is 1. The Kier molecular flexibility index (Phi) is 4.27. The van der Waals surface area contributed by atoms with Crippen LogP contribution in [0.15, 0.2) is 18.2 Å². The highest BCUT2D eigenvalue weighted by atomic mass is 16.4. The first kappa shape index (κ1) is 14.4. The van der Waals surface area contributed by atoms with Gasteiger partial charge in [-0.15, -0.1) is 0 Å². The van der Waals surface area contributed by atoms with Crippen LogP contribution in [0.2, 0.25) is 0 Å². The molecular formula is C15H19N2O3-. The number of hydrogen-bond acceptors (Lipinski definition) is 4. The standard InChI is InChI=1S/C15H20N2O3/c1-11-3-4-12(2)13(9-11)16-5-7-17(8-6-16)14(18)10-15(19)20/h3-4,9H,5-8,10H2,1-2H3,(H,19,20)/p-1. The smallest absolute Gasteiger partial charge is 0.228 e. The molecule has 1 aromatic carbocycles. The minimum absolute atomic E-state index is 0.356. The molecule has 5 heteroatoms. The van der Waals surface area contributed by atoms with Gasteiger partial charge in [-0.2, -0.15) is 0 Å². The van der Waals surface area contributed by atoms with Crippen molar-refractivity contribution in [1.29, 1.82) is 0 Å². The Morgan fingerprint density at radius 3 is 2.40 bits per heavy atom. The molecule has 1 amide bonds. The largest absolute Gasteiger partial charge is 0.550 e. The number of hydrogen-bond donors (Lipinski definition) is 0. The van der Waals surface area contributed by atoms with Gasteiger partial charge in [-0.25, -0.2) is 0 Å². The first-order chi connectivity index (χ1) is 9.47. The van der Waals surface area contributed by atoms with Crippen molar-refractivity contribution in [3.63, 3.8) is 0 Å². The van der Waals surface area contributed by atoms with Gasteiger partial charge in [-0.1, -0.05) is 12.1 Å². The van der Waals surface area contributed by atoms with Crippen LogP contribution < -0.4 is 10.0 Å². The number of piperazine rings is 1. The monoisotopic (exact) mass is 275 g/mol. The number of aryl methyl sites for hydroxylation is 2. The molecule has 1 heterocycles. The molecule has 0 aliphatic carbocycles. The van der Waals surface area contributed by atoms with Crippen LogP contribution in [0, 0.1) is 13.8 Å². The summed E-state index contributed by atoms with van der Waals surface area (Å²) < 4.78 is 0. The van der Waals surface area contributed by atoms with Gasteiger partial charge in [0, 0.05) is 31.9 Å². The van der Waals surface area contributed by atoms with E-state index in [1.165, 1.54) is 16.8 Å². The van der Waals surface area contributed by atoms with Crippen LogP contribution in [0.25, 0.3) is 0 Å². The van der Waals surface area contributed by atoms with Gasteiger partial charge in [0.1, 0.15) is 0 Å². The number of nitrogens with zero attached hydrogens (tertiary/aromatic N) is 2. The summed E-state index contributed by atoms with van der Waals surface area (Å²) in [6.45, 7) is 6.69. The van der Waals surface area contributed by atoms with E-state index in [9.17, 15) is 14.7 Å². The summed E-state index contributed by atoms with van der Waals surface area (Å²) in [7, 11) is 0. The molecule has 5 nitrogen and oxygen atoms in total. The van der Waals surface area contributed by atoms with E-state index < -0.39 is 12.4 Å². The van der Waals surface area contributed by atoms with Crippen molar-refractivity contribution in [3.8, 4) is 0 Å². The van der Waals surface area contributed by atoms with Gasteiger partial charge >= 0.3 is 0 Å². The first-order valence-corrected chi connectivity index (χ1v) is 6.77. The number of carbonyl (C=O) groups is 2. The van der Waals surface area contributed by atoms with Crippen molar-refractivity contribution in [2.24, 2.45) is 0 Å². The summed E-state index contributed by atoms with van der Waals surface area (Å²) in [6.07, 6.45) is -0.524. The molecule has 0 N–H and O–H groups in total. The lowest BCUT2D eigenvalue weighted by Crippen LogP contribution is -2.50. The summed E-state index contributed by atoms with van der Waals surface area (Å²) in [4.78, 5) is 25.9. The summed E-state index contributed by atoms with van der Waals surface area (Å²) in [5, 5.41) is 10.5. The molecule has 2 rings (SSSR count). The van der Waals surface area contributed by atoms with Crippen molar-refractivity contribution in [2.45, 2.75) is 20.3 Å². The zero-order chi connectivity index (χ0) is 14.7. The van der Waals surface area contributed by atoms with Crippen molar-refractivity contribution < 1.29 is 14.7 Å². The van der Waals surface area contributed by atoms with Gasteiger partial charge in [0.2, 0.25) is 5.91 Å². The molecule has 1 fully saturated rings. The van der Waals surface area contributed by atoms with E-state index in [4.69, 9.17) is 0 Å². The number of anilines is 1. The van der Waals surface area contributed by atoms with Crippen LogP contribution >= 0.6 is 0 Å². The second-order valence-electron chi connectivity index (χ2n) is 5.21. The van der Waals surface area contributed by atoms with Crippen LogP contribution in [-0.4, -0.2) is 43.0 Å². The van der Waals surface area contributed by atoms with E-state index in [0.29, 0.717) is 13.1 Å². The van der Waals surface area contributed by atoms with Gasteiger partial charge in [0.25, 0.3) is 0 Å². The fourth-order valence-electron chi connectivity index (χ4n) is 2.49. The molecular weight excluding hydrogens is 256 g/mol. The van der Waals surface area contributed by atoms with Crippen LogP contribution in [0.1, 0.15) is 17.5 Å². The van der Waals surface area contributed by atoms with E-state index in [1.807, 2.05) is 0 Å². The Hall–Kier alpha value is -2.04. The molecule has 108 valence electrons. The molecule has 1 aromatic rings. The molecule has 1 aliphatic heterocycles. The zero-order valence-electron chi connectivity index (χ0n) is 11.9. The minimum atomic E-state index is -1.31. The summed E-state index contributed by atoms with van der Waals surface area (Å²) in [5.74, 6) is -1.67. The molecule has 0 unspecified atom stereocenters. The highest BCUT2D eigenvalue weighted by Crippen LogP contribution is 2.22. The molecule has 0 spiro atoms. The van der Waals surface area contributed by atoms with E-state index >= 15 is 0 Å². The maximum atomic E-state index is 11.7. The summed E-state index contributed by atoms with van der Waals surface area (Å²) in [6, 6.07) is 6.32. The quantitative estimate of drug-likeness (QED) is 0.734. The van der Waals surface area contributed by atoms with Crippen molar-refractivity contribution >= 4 is 17.6 Å². The van der Waals surface area contributed by atoms with Gasteiger partial charge in [0.05, 0.1) is 12.4 Å². The maximum absolute atomic E-state index is 11.7. The third-order valence-corrected chi connectivity index (χ3v) is 3.63. The number of rotatable bonds is 3. The average molecular weight is 275 g/mol. The normalized spacial score (nSPS) is 15.3. The minimum Gasteiger partial charge on any atom is -0.550 e. The van der Waals surface area contributed by atoms with E-state index in [-0.39, 0.29) is 5.91 Å². The lowest BCUT2D eigenvalue weighted by Gasteiger charge is -2.37. The van der Waals surface area contributed by atoms with E-state index in [1.54, 1.807) is 4.90 Å². The van der Waals surface area contributed by atoms with E-state index in [2.05, 4.69) is 36.9 Å². The lowest BCUT2D eigenvalue weighted by atomic mass is 10.1. The SMILES string of the molecule is Cc1ccc(C)c(N2CCN(C(=O)CC(=O)[O-])CC2)c1. The highest BCUT2D eigenvalue weighted by molar-refractivity contribution is 5.92. The number of carbonyl (C=O) groups excluding carboxylic acids is 2. The predicted octanol–water partition coefficient (Wildman–Crippen LogP) is 0.0920. The first-order valence-electron chi connectivity index (χ1n) is 6.77. The van der Waals surface area contributed by atoms with Crippen LogP contribution in [-0.2, 0) is 9.59 Å². The number of aliphatic carboxylic acids is 1. The van der Waals surface area contributed by atoms with Crippen molar-refractivity contribution in [3.05, 3.63) is 29.3 Å². The van der Waals surface area contributed by atoms with Crippen molar-refractivity contribution in [1.82, 2.24) is 4.90 Å². The van der Waals surface area contributed by atoms with E-state index in [0.717, 1.165) is 13.1 Å². The second-order valence-corrected chi connectivity index (χ2v) is 5.21. The lowest BCUT2D eigenvalue weighted by molar-refractivity contribution is -0.304. The Morgan fingerprint density at radius 1 is 1.15 bits per heavy atom. The van der Waals surface area contributed by atoms with Crippen LogP contribution in [0.4, 0.5) is 5.69 Å². The summed E-state index contributed by atoms with van der Waals surface area (Å²) in [5.41, 5.74) is 3.61. The van der Waals surface area contributed by atoms with Crippen molar-refractivity contribution in [2.75, 3.05) is 31.1 Å². The number of benzene rings is 1. The average Bonchev–Trinajstić information content (AvgIpc) is 2.41. The molecule has 0 saturated carbocycles.